The summed E-state index contributed by atoms with van der Waals surface area (Å²) >= 11 is 6.13. The Morgan fingerprint density at radius 3 is 2.71 bits per heavy atom. The number of amides is 1. The average Bonchev–Trinajstić information content (AvgIpc) is 3.54. The number of hydrogen-bond donors (Lipinski definition) is 1. The van der Waals surface area contributed by atoms with Crippen LogP contribution in [0.3, 0.4) is 0 Å². The van der Waals surface area contributed by atoms with Crippen molar-refractivity contribution in [2.24, 2.45) is 0 Å². The van der Waals surface area contributed by atoms with Gasteiger partial charge in [-0.2, -0.15) is 10.1 Å². The SMILES string of the molecule is CCC(=O)N1CCC(c2[nH]nc(-c3ccc(Cl)cc3)c2-c2ccnc(O[C@@H]3CCOC3)n2)CC1. The van der Waals surface area contributed by atoms with Crippen LogP contribution in [-0.2, 0) is 9.53 Å². The smallest absolute Gasteiger partial charge is 0.317 e. The van der Waals surface area contributed by atoms with Crippen molar-refractivity contribution < 1.29 is 14.3 Å². The van der Waals surface area contributed by atoms with Crippen LogP contribution in [0.1, 0.15) is 44.2 Å². The zero-order valence-electron chi connectivity index (χ0n) is 19.2. The van der Waals surface area contributed by atoms with Crippen LogP contribution in [0.4, 0.5) is 0 Å². The van der Waals surface area contributed by atoms with Gasteiger partial charge in [0.05, 0.1) is 18.9 Å². The summed E-state index contributed by atoms with van der Waals surface area (Å²) in [7, 11) is 0. The number of benzene rings is 1. The predicted molar refractivity (Wildman–Crippen MR) is 129 cm³/mol. The van der Waals surface area contributed by atoms with E-state index in [9.17, 15) is 4.79 Å². The molecule has 0 saturated carbocycles. The zero-order valence-corrected chi connectivity index (χ0v) is 19.9. The molecule has 0 aliphatic carbocycles. The van der Waals surface area contributed by atoms with E-state index in [2.05, 4.69) is 10.1 Å². The monoisotopic (exact) mass is 481 g/mol. The maximum Gasteiger partial charge on any atom is 0.317 e. The number of nitrogens with zero attached hydrogens (tertiary/aromatic N) is 4. The first-order valence-corrected chi connectivity index (χ1v) is 12.2. The lowest BCUT2D eigenvalue weighted by Crippen LogP contribution is -2.37. The Morgan fingerprint density at radius 2 is 2.00 bits per heavy atom. The molecule has 1 N–H and O–H groups in total. The van der Waals surface area contributed by atoms with E-state index in [0.717, 1.165) is 60.6 Å². The van der Waals surface area contributed by atoms with Crippen molar-refractivity contribution >= 4 is 17.5 Å². The average molecular weight is 482 g/mol. The molecule has 2 saturated heterocycles. The van der Waals surface area contributed by atoms with E-state index in [4.69, 9.17) is 31.2 Å². The summed E-state index contributed by atoms with van der Waals surface area (Å²) in [5, 5.41) is 8.67. The third-order valence-electron chi connectivity index (χ3n) is 6.52. The number of piperidine rings is 1. The highest BCUT2D eigenvalue weighted by molar-refractivity contribution is 6.30. The number of H-pyrrole nitrogens is 1. The number of ether oxygens (including phenoxy) is 2. The number of aromatic amines is 1. The van der Waals surface area contributed by atoms with Gasteiger partial charge < -0.3 is 14.4 Å². The molecule has 0 unspecified atom stereocenters. The van der Waals surface area contributed by atoms with E-state index in [1.54, 1.807) is 6.20 Å². The molecular formula is C25H28ClN5O3. The number of carbonyl (C=O) groups excluding carboxylic acids is 1. The minimum Gasteiger partial charge on any atom is -0.458 e. The van der Waals surface area contributed by atoms with E-state index in [0.29, 0.717) is 30.7 Å². The molecule has 1 atom stereocenters. The second kappa shape index (κ2) is 10.1. The van der Waals surface area contributed by atoms with E-state index in [1.807, 2.05) is 42.2 Å². The topological polar surface area (TPSA) is 93.2 Å². The van der Waals surface area contributed by atoms with E-state index < -0.39 is 0 Å². The highest BCUT2D eigenvalue weighted by Crippen LogP contribution is 2.39. The quantitative estimate of drug-likeness (QED) is 0.558. The van der Waals surface area contributed by atoms with E-state index in [-0.39, 0.29) is 17.9 Å². The fourth-order valence-electron chi connectivity index (χ4n) is 4.66. The molecule has 8 nitrogen and oxygen atoms in total. The summed E-state index contributed by atoms with van der Waals surface area (Å²) in [5.41, 5.74) is 4.49. The number of hydrogen-bond acceptors (Lipinski definition) is 6. The van der Waals surface area contributed by atoms with Crippen LogP contribution < -0.4 is 4.74 Å². The zero-order chi connectivity index (χ0) is 23.5. The first-order valence-electron chi connectivity index (χ1n) is 11.8. The Morgan fingerprint density at radius 1 is 1.21 bits per heavy atom. The van der Waals surface area contributed by atoms with Crippen LogP contribution >= 0.6 is 11.6 Å². The summed E-state index contributed by atoms with van der Waals surface area (Å²) < 4.78 is 11.4. The van der Waals surface area contributed by atoms with Crippen LogP contribution in [0, 0.1) is 0 Å². The molecule has 2 aliphatic heterocycles. The molecule has 4 heterocycles. The predicted octanol–water partition coefficient (Wildman–Crippen LogP) is 4.47. The Labute approximate surface area is 203 Å². The number of halogens is 1. The van der Waals surface area contributed by atoms with Gasteiger partial charge in [0, 0.05) is 59.9 Å². The van der Waals surface area contributed by atoms with Crippen LogP contribution in [0.2, 0.25) is 5.02 Å². The molecule has 3 aromatic rings. The van der Waals surface area contributed by atoms with Gasteiger partial charge in [0.15, 0.2) is 0 Å². The molecule has 2 fully saturated rings. The van der Waals surface area contributed by atoms with Crippen molar-refractivity contribution in [1.82, 2.24) is 25.1 Å². The van der Waals surface area contributed by atoms with Gasteiger partial charge in [-0.1, -0.05) is 30.7 Å². The van der Waals surface area contributed by atoms with Crippen LogP contribution in [0.5, 0.6) is 6.01 Å². The van der Waals surface area contributed by atoms with Gasteiger partial charge in [-0.05, 0) is 31.0 Å². The van der Waals surface area contributed by atoms with Gasteiger partial charge in [0.2, 0.25) is 5.91 Å². The summed E-state index contributed by atoms with van der Waals surface area (Å²) in [6.45, 7) is 4.63. The maximum atomic E-state index is 12.1. The molecule has 2 aliphatic rings. The van der Waals surface area contributed by atoms with Crippen molar-refractivity contribution in [1.29, 1.82) is 0 Å². The fourth-order valence-corrected chi connectivity index (χ4v) is 4.79. The molecule has 0 radical (unpaired) electrons. The van der Waals surface area contributed by atoms with Crippen LogP contribution in [0.25, 0.3) is 22.5 Å². The molecule has 1 aromatic carbocycles. The highest BCUT2D eigenvalue weighted by Gasteiger charge is 2.29. The minimum atomic E-state index is -0.0322. The fraction of sp³-hybridized carbons (Fsp3) is 0.440. The molecule has 0 bridgehead atoms. The number of likely N-dealkylation sites (tertiary alicyclic amines) is 1. The largest absolute Gasteiger partial charge is 0.458 e. The van der Waals surface area contributed by atoms with E-state index in [1.165, 1.54) is 0 Å². The van der Waals surface area contributed by atoms with Crippen LogP contribution in [0.15, 0.2) is 36.5 Å². The Balaban J connectivity index is 1.50. The lowest BCUT2D eigenvalue weighted by atomic mass is 9.88. The normalized spacial score (nSPS) is 18.9. The van der Waals surface area contributed by atoms with Crippen LogP contribution in [-0.4, -0.2) is 63.4 Å². The summed E-state index contributed by atoms with van der Waals surface area (Å²) in [4.78, 5) is 23.2. The van der Waals surface area contributed by atoms with Crippen molar-refractivity contribution in [3.63, 3.8) is 0 Å². The molecule has 1 amide bonds. The molecule has 5 rings (SSSR count). The molecule has 0 spiro atoms. The summed E-state index contributed by atoms with van der Waals surface area (Å²) in [5.74, 6) is 0.450. The second-order valence-corrected chi connectivity index (χ2v) is 9.14. The Bertz CT molecular complexity index is 1140. The van der Waals surface area contributed by atoms with E-state index >= 15 is 0 Å². The van der Waals surface area contributed by atoms with Gasteiger partial charge >= 0.3 is 6.01 Å². The summed E-state index contributed by atoms with van der Waals surface area (Å²) in [6.07, 6.45) is 4.80. The Kier molecular flexibility index (Phi) is 6.78. The summed E-state index contributed by atoms with van der Waals surface area (Å²) in [6, 6.07) is 9.87. The maximum absolute atomic E-state index is 12.1. The van der Waals surface area contributed by atoms with Crippen molar-refractivity contribution in [3.8, 4) is 28.5 Å². The third kappa shape index (κ3) is 4.79. The van der Waals surface area contributed by atoms with Gasteiger partial charge in [-0.25, -0.2) is 4.98 Å². The molecule has 34 heavy (non-hydrogen) atoms. The first-order chi connectivity index (χ1) is 16.6. The number of carbonyl (C=O) groups is 1. The molecule has 9 heteroatoms. The standard InChI is InChI=1S/C25H28ClN5O3/c1-2-21(32)31-12-8-17(9-13-31)24-22(23(29-30-24)16-3-5-18(26)6-4-16)20-7-11-27-25(28-20)34-19-10-14-33-15-19/h3-7,11,17,19H,2,8-10,12-15H2,1H3,(H,29,30)/t19-/m1/s1. The van der Waals surface area contributed by atoms with Gasteiger partial charge in [0.1, 0.15) is 11.8 Å². The van der Waals surface area contributed by atoms with Crippen molar-refractivity contribution in [3.05, 3.63) is 47.2 Å². The van der Waals surface area contributed by atoms with Crippen molar-refractivity contribution in [2.45, 2.75) is 44.6 Å². The molecule has 2 aromatic heterocycles. The third-order valence-corrected chi connectivity index (χ3v) is 6.77. The second-order valence-electron chi connectivity index (χ2n) is 8.70. The van der Waals surface area contributed by atoms with Gasteiger partial charge in [-0.15, -0.1) is 0 Å². The van der Waals surface area contributed by atoms with Crippen molar-refractivity contribution in [2.75, 3.05) is 26.3 Å². The Hall–Kier alpha value is -2.97. The molecular weight excluding hydrogens is 454 g/mol. The van der Waals surface area contributed by atoms with Gasteiger partial charge in [-0.3, -0.25) is 9.89 Å². The highest BCUT2D eigenvalue weighted by atomic mass is 35.5. The molecule has 178 valence electrons. The number of rotatable bonds is 6. The number of nitrogens with one attached hydrogen (secondary N) is 1. The minimum absolute atomic E-state index is 0.0322. The van der Waals surface area contributed by atoms with Gasteiger partial charge in [0.25, 0.3) is 0 Å². The number of aromatic nitrogens is 4. The first kappa shape index (κ1) is 22.8. The lowest BCUT2D eigenvalue weighted by molar-refractivity contribution is -0.131. The lowest BCUT2D eigenvalue weighted by Gasteiger charge is -2.31.